The number of phosphoric acid groups is 1. The Kier molecular flexibility index (Phi) is 66.6. The molecule has 0 saturated carbocycles. The highest BCUT2D eigenvalue weighted by Crippen LogP contribution is 2.43. The van der Waals surface area contributed by atoms with Crippen LogP contribution in [0.1, 0.15) is 406 Å². The topological polar surface area (TPSA) is 105 Å². The molecule has 3 atom stereocenters. The first-order chi connectivity index (χ1) is 41.5. The Hall–Kier alpha value is -1.02. The van der Waals surface area contributed by atoms with Gasteiger partial charge in [0.1, 0.15) is 13.2 Å². The molecular formula is C76H152N2O6P+. The number of hydrogen-bond donors (Lipinski definition) is 3. The van der Waals surface area contributed by atoms with Crippen LogP contribution in [-0.2, 0) is 18.4 Å². The van der Waals surface area contributed by atoms with E-state index in [0.29, 0.717) is 17.4 Å². The fourth-order valence-electron chi connectivity index (χ4n) is 12.0. The van der Waals surface area contributed by atoms with Crippen molar-refractivity contribution in [1.29, 1.82) is 0 Å². The maximum Gasteiger partial charge on any atom is 0.472 e. The standard InChI is InChI=1S/C76H151N2O6P/c1-6-8-10-12-14-16-18-20-22-24-26-28-30-32-34-35-36-37-38-39-40-41-42-43-44-46-48-50-52-54-56-58-60-62-64-66-68-70-76(80)77-74(73-84-85(81,82)83-72-71-78(3,4)5)75(79)69-67-65-63-61-59-57-55-53-51-49-47-45-33-31-29-27-25-23-21-19-17-15-13-11-9-7-2/h59,61,67,69,74-75,79H,6-58,60,62-66,68,70-73H2,1-5H3,(H-,77,80,81,82)/p+1/b61-59+,69-67+. The average Bonchev–Trinajstić information content (AvgIpc) is 3.49. The Morgan fingerprint density at radius 2 is 0.647 bits per heavy atom. The summed E-state index contributed by atoms with van der Waals surface area (Å²) in [6, 6.07) is -0.862. The molecule has 3 N–H and O–H groups in total. The predicted molar refractivity (Wildman–Crippen MR) is 374 cm³/mol. The van der Waals surface area contributed by atoms with Gasteiger partial charge >= 0.3 is 7.82 Å². The van der Waals surface area contributed by atoms with Crippen LogP contribution in [0, 0.1) is 0 Å². The van der Waals surface area contributed by atoms with Gasteiger partial charge in [-0.05, 0) is 32.1 Å². The molecule has 0 rings (SSSR count). The Morgan fingerprint density at radius 1 is 0.388 bits per heavy atom. The van der Waals surface area contributed by atoms with Crippen molar-refractivity contribution < 1.29 is 32.9 Å². The molecule has 8 nitrogen and oxygen atoms in total. The number of likely N-dealkylation sites (N-methyl/N-ethyl adjacent to an activating group) is 1. The van der Waals surface area contributed by atoms with Crippen molar-refractivity contribution in [1.82, 2.24) is 5.32 Å². The highest BCUT2D eigenvalue weighted by Gasteiger charge is 2.28. The van der Waals surface area contributed by atoms with E-state index in [1.54, 1.807) is 6.08 Å². The number of nitrogens with zero attached hydrogens (tertiary/aromatic N) is 1. The molecule has 0 saturated heterocycles. The second-order valence-electron chi connectivity index (χ2n) is 27.7. The second kappa shape index (κ2) is 67.4. The minimum atomic E-state index is -4.36. The van der Waals surface area contributed by atoms with Gasteiger partial charge in [-0.1, -0.05) is 391 Å². The van der Waals surface area contributed by atoms with Gasteiger partial charge in [0.05, 0.1) is 39.9 Å². The van der Waals surface area contributed by atoms with Crippen LogP contribution in [0.5, 0.6) is 0 Å². The van der Waals surface area contributed by atoms with Gasteiger partial charge in [0.2, 0.25) is 5.91 Å². The van der Waals surface area contributed by atoms with Crippen molar-refractivity contribution in [2.45, 2.75) is 418 Å². The molecule has 0 bridgehead atoms. The van der Waals surface area contributed by atoms with E-state index in [0.717, 1.165) is 38.5 Å². The Morgan fingerprint density at radius 3 is 0.941 bits per heavy atom. The number of quaternary nitrogens is 1. The molecule has 0 aromatic carbocycles. The molecule has 0 aromatic rings. The molecule has 0 radical (unpaired) electrons. The molecule has 0 aliphatic rings. The van der Waals surface area contributed by atoms with Gasteiger partial charge < -0.3 is 19.8 Å². The van der Waals surface area contributed by atoms with Crippen LogP contribution in [0.4, 0.5) is 0 Å². The quantitative estimate of drug-likeness (QED) is 0.0243. The predicted octanol–water partition coefficient (Wildman–Crippen LogP) is 24.6. The first kappa shape index (κ1) is 84.0. The summed E-state index contributed by atoms with van der Waals surface area (Å²) in [5.74, 6) is -0.177. The third-order valence-electron chi connectivity index (χ3n) is 17.9. The molecule has 85 heavy (non-hydrogen) atoms. The molecule has 0 heterocycles. The zero-order valence-corrected chi connectivity index (χ0v) is 59.0. The fourth-order valence-corrected chi connectivity index (χ4v) is 12.7. The number of unbranched alkanes of at least 4 members (excludes halogenated alkanes) is 57. The van der Waals surface area contributed by atoms with Crippen molar-refractivity contribution in [3.05, 3.63) is 24.3 Å². The number of carbonyl (C=O) groups is 1. The van der Waals surface area contributed by atoms with E-state index in [9.17, 15) is 19.4 Å². The highest BCUT2D eigenvalue weighted by atomic mass is 31.2. The van der Waals surface area contributed by atoms with Crippen LogP contribution in [-0.4, -0.2) is 73.4 Å². The lowest BCUT2D eigenvalue weighted by molar-refractivity contribution is -0.870. The molecule has 0 aromatic heterocycles. The average molecular weight is 1220 g/mol. The molecule has 1 amide bonds. The highest BCUT2D eigenvalue weighted by molar-refractivity contribution is 7.47. The Bertz CT molecular complexity index is 1430. The SMILES string of the molecule is CCCCCCCCCCCCCCCCCCCCCC/C=C/CC/C=C/C(O)C(COP(=O)(O)OCC[N+](C)(C)C)NC(=O)CCCCCCCCCCCCCCCCCCCCCCCCCCCCCCCCCCCCCCC. The summed E-state index contributed by atoms with van der Waals surface area (Å²) in [6.45, 7) is 4.87. The third kappa shape index (κ3) is 70.3. The fraction of sp³-hybridized carbons (Fsp3) is 0.934. The summed E-state index contributed by atoms with van der Waals surface area (Å²) in [7, 11) is 1.58. The molecule has 3 unspecified atom stereocenters. The van der Waals surface area contributed by atoms with Gasteiger partial charge in [0.15, 0.2) is 0 Å². The maximum atomic E-state index is 13.1. The summed E-state index contributed by atoms with van der Waals surface area (Å²) in [5.41, 5.74) is 0. The number of amides is 1. The first-order valence-corrected chi connectivity index (χ1v) is 39.7. The third-order valence-corrected chi connectivity index (χ3v) is 18.9. The lowest BCUT2D eigenvalue weighted by Gasteiger charge is -2.25. The van der Waals surface area contributed by atoms with Crippen LogP contribution in [0.3, 0.4) is 0 Å². The smallest absolute Gasteiger partial charge is 0.387 e. The zero-order valence-electron chi connectivity index (χ0n) is 58.1. The molecule has 0 spiro atoms. The Labute approximate surface area is 532 Å². The summed E-state index contributed by atoms with van der Waals surface area (Å²) < 4.78 is 23.8. The van der Waals surface area contributed by atoms with Crippen molar-refractivity contribution in [3.63, 3.8) is 0 Å². The monoisotopic (exact) mass is 1220 g/mol. The summed E-state index contributed by atoms with van der Waals surface area (Å²) in [6.07, 6.45) is 89.4. The number of hydrogen-bond acceptors (Lipinski definition) is 5. The largest absolute Gasteiger partial charge is 0.472 e. The number of carbonyl (C=O) groups excluding carboxylic acids is 1. The lowest BCUT2D eigenvalue weighted by Crippen LogP contribution is -2.45. The number of aliphatic hydroxyl groups is 1. The van der Waals surface area contributed by atoms with Crippen LogP contribution in [0.15, 0.2) is 24.3 Å². The molecule has 506 valence electrons. The minimum absolute atomic E-state index is 0.0592. The maximum absolute atomic E-state index is 13.1. The van der Waals surface area contributed by atoms with Gasteiger partial charge in [-0.2, -0.15) is 0 Å². The van der Waals surface area contributed by atoms with E-state index in [4.69, 9.17) is 9.05 Å². The van der Waals surface area contributed by atoms with Crippen LogP contribution in [0.2, 0.25) is 0 Å². The number of rotatable bonds is 72. The van der Waals surface area contributed by atoms with E-state index in [1.165, 1.54) is 347 Å². The summed E-state index contributed by atoms with van der Waals surface area (Å²) >= 11 is 0. The number of phosphoric ester groups is 1. The van der Waals surface area contributed by atoms with Crippen molar-refractivity contribution >= 4 is 13.7 Å². The van der Waals surface area contributed by atoms with E-state index in [1.807, 2.05) is 27.2 Å². The minimum Gasteiger partial charge on any atom is -0.387 e. The second-order valence-corrected chi connectivity index (χ2v) is 29.2. The molecule has 0 aliphatic heterocycles. The van der Waals surface area contributed by atoms with Gasteiger partial charge in [-0.15, -0.1) is 0 Å². The number of nitrogens with one attached hydrogen (secondary N) is 1. The molecule has 9 heteroatoms. The Balaban J connectivity index is 3.96. The van der Waals surface area contributed by atoms with Gasteiger partial charge in [0.25, 0.3) is 0 Å². The van der Waals surface area contributed by atoms with Gasteiger partial charge in [-0.25, -0.2) is 4.57 Å². The first-order valence-electron chi connectivity index (χ1n) is 38.2. The van der Waals surface area contributed by atoms with E-state index in [2.05, 4.69) is 31.3 Å². The molecule has 0 aliphatic carbocycles. The lowest BCUT2D eigenvalue weighted by atomic mass is 10.0. The van der Waals surface area contributed by atoms with E-state index >= 15 is 0 Å². The normalized spacial score (nSPS) is 13.6. The molecular weight excluding hydrogens is 1070 g/mol. The van der Waals surface area contributed by atoms with Gasteiger partial charge in [0, 0.05) is 6.42 Å². The summed E-state index contributed by atoms with van der Waals surface area (Å²) in [4.78, 5) is 23.4. The zero-order chi connectivity index (χ0) is 61.9. The van der Waals surface area contributed by atoms with Crippen LogP contribution in [0.25, 0.3) is 0 Å². The molecule has 0 fully saturated rings. The summed E-state index contributed by atoms with van der Waals surface area (Å²) in [5, 5.41) is 14.0. The van der Waals surface area contributed by atoms with E-state index in [-0.39, 0.29) is 19.1 Å². The van der Waals surface area contributed by atoms with Crippen LogP contribution < -0.4 is 5.32 Å². The van der Waals surface area contributed by atoms with Crippen molar-refractivity contribution in [2.24, 2.45) is 0 Å². The van der Waals surface area contributed by atoms with Crippen molar-refractivity contribution in [2.75, 3.05) is 40.9 Å². The van der Waals surface area contributed by atoms with Gasteiger partial charge in [-0.3, -0.25) is 13.8 Å². The van der Waals surface area contributed by atoms with Crippen molar-refractivity contribution in [3.8, 4) is 0 Å². The number of allylic oxidation sites excluding steroid dienone is 3. The van der Waals surface area contributed by atoms with Crippen LogP contribution >= 0.6 is 7.82 Å². The van der Waals surface area contributed by atoms with E-state index < -0.39 is 20.0 Å². The number of aliphatic hydroxyl groups excluding tert-OH is 1.